The van der Waals surface area contributed by atoms with Crippen LogP contribution in [-0.4, -0.2) is 35.8 Å². The van der Waals surface area contributed by atoms with Crippen LogP contribution in [0.1, 0.15) is 20.3 Å². The van der Waals surface area contributed by atoms with Gasteiger partial charge >= 0.3 is 13.8 Å². The minimum Gasteiger partial charge on any atom is -0.463 e. The molecule has 1 atom stereocenters. The van der Waals surface area contributed by atoms with Crippen LogP contribution in [0.15, 0.2) is 0 Å². The van der Waals surface area contributed by atoms with E-state index in [4.69, 9.17) is 14.5 Å². The smallest absolute Gasteiger partial charge is 0.463 e. The summed E-state index contributed by atoms with van der Waals surface area (Å²) in [7, 11) is -4.49. The fraction of sp³-hybridized carbons (Fsp3) is 0.875. The van der Waals surface area contributed by atoms with Gasteiger partial charge < -0.3 is 19.3 Å². The Balaban J connectivity index is 3.41. The Labute approximate surface area is 93.9 Å². The molecule has 0 heterocycles. The quantitative estimate of drug-likeness (QED) is 0.284. The lowest BCUT2D eigenvalue weighted by Crippen LogP contribution is -2.17. The highest BCUT2D eigenvalue weighted by molar-refractivity contribution is 7.46. The van der Waals surface area contributed by atoms with Crippen LogP contribution in [-0.2, 0) is 23.4 Å². The maximum Gasteiger partial charge on any atom is 0.471 e. The number of hydrogen-bond donors (Lipinski definition) is 2. The Morgan fingerprint density at radius 2 is 2.00 bits per heavy atom. The van der Waals surface area contributed by atoms with Gasteiger partial charge in [-0.3, -0.25) is 9.32 Å². The summed E-state index contributed by atoms with van der Waals surface area (Å²) in [5.41, 5.74) is 0. The third kappa shape index (κ3) is 8.82. The van der Waals surface area contributed by atoms with Gasteiger partial charge in [-0.25, -0.2) is 4.57 Å². The zero-order chi connectivity index (χ0) is 12.6. The van der Waals surface area contributed by atoms with Crippen molar-refractivity contribution < 1.29 is 33.1 Å². The fourth-order valence-corrected chi connectivity index (χ4v) is 0.887. The van der Waals surface area contributed by atoms with Gasteiger partial charge in [0, 0.05) is 0 Å². The number of carbonyl (C=O) groups excluding carboxylic acids is 1. The van der Waals surface area contributed by atoms with E-state index in [0.717, 1.165) is 0 Å². The van der Waals surface area contributed by atoms with Crippen LogP contribution in [0.5, 0.6) is 0 Å². The molecule has 0 aliphatic carbocycles. The van der Waals surface area contributed by atoms with Crippen molar-refractivity contribution in [3.63, 3.8) is 0 Å². The average Bonchev–Trinajstić information content (AvgIpc) is 2.20. The molecule has 8 heteroatoms. The van der Waals surface area contributed by atoms with Crippen molar-refractivity contribution in [2.45, 2.75) is 20.3 Å². The average molecular weight is 256 g/mol. The van der Waals surface area contributed by atoms with Gasteiger partial charge in [0.15, 0.2) is 6.79 Å². The molecule has 0 aliphatic heterocycles. The lowest BCUT2D eigenvalue weighted by atomic mass is 10.1. The second kappa shape index (κ2) is 7.76. The third-order valence-electron chi connectivity index (χ3n) is 1.79. The summed E-state index contributed by atoms with van der Waals surface area (Å²) in [6, 6.07) is 0. The summed E-state index contributed by atoms with van der Waals surface area (Å²) in [6.07, 6.45) is 0.695. The van der Waals surface area contributed by atoms with Crippen LogP contribution in [0.4, 0.5) is 0 Å². The van der Waals surface area contributed by atoms with Crippen molar-refractivity contribution in [2.75, 3.05) is 20.0 Å². The number of carbonyl (C=O) groups is 1. The maximum atomic E-state index is 11.1. The van der Waals surface area contributed by atoms with Crippen LogP contribution >= 0.6 is 7.82 Å². The lowest BCUT2D eigenvalue weighted by molar-refractivity contribution is -0.150. The van der Waals surface area contributed by atoms with Crippen molar-refractivity contribution in [2.24, 2.45) is 5.92 Å². The first-order chi connectivity index (χ1) is 7.37. The predicted octanol–water partition coefficient (Wildman–Crippen LogP) is 0.659. The van der Waals surface area contributed by atoms with Crippen molar-refractivity contribution >= 4 is 13.8 Å². The molecule has 0 aromatic carbocycles. The molecule has 0 saturated carbocycles. The molecule has 1 unspecified atom stereocenters. The molecule has 0 rings (SSSR count). The Morgan fingerprint density at radius 1 is 1.38 bits per heavy atom. The number of phosphoric acid groups is 1. The second-order valence-electron chi connectivity index (χ2n) is 3.12. The van der Waals surface area contributed by atoms with Gasteiger partial charge in [-0.05, 0) is 6.42 Å². The number of phosphoric ester groups is 1. The van der Waals surface area contributed by atoms with E-state index in [1.54, 1.807) is 6.92 Å². The first-order valence-electron chi connectivity index (χ1n) is 4.81. The summed E-state index contributed by atoms with van der Waals surface area (Å²) < 4.78 is 23.7. The molecular formula is C8H17O7P. The van der Waals surface area contributed by atoms with E-state index in [0.29, 0.717) is 6.42 Å². The second-order valence-corrected chi connectivity index (χ2v) is 4.36. The predicted molar refractivity (Wildman–Crippen MR) is 54.4 cm³/mol. The molecule has 16 heavy (non-hydrogen) atoms. The Morgan fingerprint density at radius 3 is 2.50 bits per heavy atom. The highest BCUT2D eigenvalue weighted by atomic mass is 31.2. The van der Waals surface area contributed by atoms with Crippen LogP contribution in [0.3, 0.4) is 0 Å². The first-order valence-corrected chi connectivity index (χ1v) is 6.34. The number of rotatable bonds is 8. The van der Waals surface area contributed by atoms with Crippen molar-refractivity contribution in [1.82, 2.24) is 0 Å². The molecule has 0 fully saturated rings. The van der Waals surface area contributed by atoms with Crippen LogP contribution in [0.2, 0.25) is 0 Å². The van der Waals surface area contributed by atoms with E-state index in [1.165, 1.54) is 0 Å². The number of esters is 1. The first kappa shape index (κ1) is 15.5. The van der Waals surface area contributed by atoms with E-state index in [1.807, 2.05) is 6.92 Å². The van der Waals surface area contributed by atoms with E-state index < -0.39 is 14.6 Å². The van der Waals surface area contributed by atoms with Gasteiger partial charge in [0.2, 0.25) is 0 Å². The molecule has 0 radical (unpaired) electrons. The molecule has 7 nitrogen and oxygen atoms in total. The summed E-state index contributed by atoms with van der Waals surface area (Å²) >= 11 is 0. The molecule has 0 bridgehead atoms. The zero-order valence-electron chi connectivity index (χ0n) is 9.29. The molecule has 0 aromatic heterocycles. The van der Waals surface area contributed by atoms with Gasteiger partial charge in [0.05, 0.1) is 12.5 Å². The minimum absolute atomic E-state index is 0.0299. The summed E-state index contributed by atoms with van der Waals surface area (Å²) in [4.78, 5) is 27.7. The Kier molecular flexibility index (Phi) is 7.53. The summed E-state index contributed by atoms with van der Waals surface area (Å²) in [6.45, 7) is 3.15. The maximum absolute atomic E-state index is 11.1. The Hall–Kier alpha value is -0.460. The van der Waals surface area contributed by atoms with E-state index >= 15 is 0 Å². The summed E-state index contributed by atoms with van der Waals surface area (Å²) in [5.74, 6) is -0.478. The highest BCUT2D eigenvalue weighted by Crippen LogP contribution is 2.35. The molecule has 2 N–H and O–H groups in total. The molecule has 96 valence electrons. The molecular weight excluding hydrogens is 239 g/mol. The van der Waals surface area contributed by atoms with E-state index in [-0.39, 0.29) is 25.1 Å². The third-order valence-corrected chi connectivity index (χ3v) is 2.23. The van der Waals surface area contributed by atoms with E-state index in [2.05, 4.69) is 9.26 Å². The summed E-state index contributed by atoms with van der Waals surface area (Å²) in [5, 5.41) is 0. The van der Waals surface area contributed by atoms with Gasteiger partial charge in [0.1, 0.15) is 6.61 Å². The molecule has 0 aliphatic rings. The molecule has 0 amide bonds. The number of hydrogen-bond acceptors (Lipinski definition) is 5. The largest absolute Gasteiger partial charge is 0.471 e. The highest BCUT2D eigenvalue weighted by Gasteiger charge is 2.13. The van der Waals surface area contributed by atoms with E-state index in [9.17, 15) is 9.36 Å². The van der Waals surface area contributed by atoms with Crippen molar-refractivity contribution in [3.05, 3.63) is 0 Å². The molecule has 0 spiro atoms. The number of ether oxygens (including phenoxy) is 2. The Bertz CT molecular complexity index is 249. The van der Waals surface area contributed by atoms with Crippen LogP contribution < -0.4 is 0 Å². The SMILES string of the molecule is CCC(C)C(=O)OCCOCOP(=O)(O)O. The normalized spacial score (nSPS) is 13.5. The van der Waals surface area contributed by atoms with Crippen molar-refractivity contribution in [1.29, 1.82) is 0 Å². The fourth-order valence-electron chi connectivity index (χ4n) is 0.675. The molecule has 0 aromatic rings. The van der Waals surface area contributed by atoms with Crippen molar-refractivity contribution in [3.8, 4) is 0 Å². The van der Waals surface area contributed by atoms with Gasteiger partial charge in [-0.15, -0.1) is 0 Å². The minimum atomic E-state index is -4.49. The lowest BCUT2D eigenvalue weighted by Gasteiger charge is -2.09. The van der Waals surface area contributed by atoms with Crippen LogP contribution in [0.25, 0.3) is 0 Å². The van der Waals surface area contributed by atoms with Gasteiger partial charge in [0.25, 0.3) is 0 Å². The monoisotopic (exact) mass is 256 g/mol. The zero-order valence-corrected chi connectivity index (χ0v) is 10.2. The van der Waals surface area contributed by atoms with Gasteiger partial charge in [-0.1, -0.05) is 13.8 Å². The topological polar surface area (TPSA) is 102 Å². The van der Waals surface area contributed by atoms with Gasteiger partial charge in [-0.2, -0.15) is 0 Å². The standard InChI is InChI=1S/C8H17O7P/c1-3-7(2)8(9)14-5-4-13-6-15-16(10,11)12/h7H,3-6H2,1-2H3,(H2,10,11,12). The van der Waals surface area contributed by atoms with Crippen LogP contribution in [0, 0.1) is 5.92 Å². The molecule has 0 saturated heterocycles.